The largest absolute Gasteiger partial charge is 0.425 e. The Balaban J connectivity index is 4.51. The molecule has 0 aliphatic carbocycles. The van der Waals surface area contributed by atoms with E-state index >= 15 is 0 Å². The molecule has 0 aliphatic rings. The van der Waals surface area contributed by atoms with E-state index in [2.05, 4.69) is 6.58 Å². The van der Waals surface area contributed by atoms with Crippen molar-refractivity contribution < 1.29 is 33.4 Å². The van der Waals surface area contributed by atoms with Gasteiger partial charge in [-0.3, -0.25) is 9.36 Å². The predicted octanol–water partition coefficient (Wildman–Crippen LogP) is 1.73. The molecule has 116 valence electrons. The van der Waals surface area contributed by atoms with Gasteiger partial charge in [-0.1, -0.05) is 26.3 Å². The fourth-order valence-electron chi connectivity index (χ4n) is 1.27. The first kappa shape index (κ1) is 18.8. The van der Waals surface area contributed by atoms with E-state index in [0.717, 1.165) is 12.8 Å². The highest BCUT2D eigenvalue weighted by molar-refractivity contribution is 7.52. The topological polar surface area (TPSA) is 110 Å². The SMILES string of the molecule is C=C(C)C(=O)OC(CCCCC)OC(=O)CP(=O)(O)O. The van der Waals surface area contributed by atoms with Crippen molar-refractivity contribution in [3.8, 4) is 0 Å². The van der Waals surface area contributed by atoms with Gasteiger partial charge >= 0.3 is 19.5 Å². The first-order valence-electron chi connectivity index (χ1n) is 6.26. The van der Waals surface area contributed by atoms with Crippen LogP contribution in [0.5, 0.6) is 0 Å². The number of hydrogen-bond acceptors (Lipinski definition) is 5. The number of carbonyl (C=O) groups is 2. The van der Waals surface area contributed by atoms with E-state index in [9.17, 15) is 14.2 Å². The summed E-state index contributed by atoms with van der Waals surface area (Å²) in [7, 11) is -4.50. The summed E-state index contributed by atoms with van der Waals surface area (Å²) in [5.41, 5.74) is 0.150. The zero-order valence-electron chi connectivity index (χ0n) is 11.7. The second-order valence-electron chi connectivity index (χ2n) is 4.42. The normalized spacial score (nSPS) is 12.6. The van der Waals surface area contributed by atoms with E-state index < -0.39 is 32.0 Å². The Labute approximate surface area is 118 Å². The van der Waals surface area contributed by atoms with Crippen LogP contribution in [0.25, 0.3) is 0 Å². The Morgan fingerprint density at radius 3 is 2.30 bits per heavy atom. The third kappa shape index (κ3) is 9.72. The highest BCUT2D eigenvalue weighted by Crippen LogP contribution is 2.34. The van der Waals surface area contributed by atoms with Crippen molar-refractivity contribution in [3.05, 3.63) is 12.2 Å². The van der Waals surface area contributed by atoms with E-state index in [-0.39, 0.29) is 12.0 Å². The lowest BCUT2D eigenvalue weighted by atomic mass is 10.2. The minimum Gasteiger partial charge on any atom is -0.425 e. The number of carbonyl (C=O) groups excluding carboxylic acids is 2. The summed E-state index contributed by atoms with van der Waals surface area (Å²) >= 11 is 0. The molecule has 0 aliphatic heterocycles. The van der Waals surface area contributed by atoms with E-state index in [1.54, 1.807) is 0 Å². The van der Waals surface area contributed by atoms with Crippen molar-refractivity contribution >= 4 is 19.5 Å². The molecule has 1 unspecified atom stereocenters. The summed E-state index contributed by atoms with van der Waals surface area (Å²) in [6.07, 6.45) is 0.536. The summed E-state index contributed by atoms with van der Waals surface area (Å²) < 4.78 is 20.4. The van der Waals surface area contributed by atoms with Gasteiger partial charge in [0.25, 0.3) is 0 Å². The molecule has 0 rings (SSSR count). The van der Waals surface area contributed by atoms with E-state index in [0.29, 0.717) is 6.42 Å². The molecule has 0 aromatic rings. The fraction of sp³-hybridized carbons (Fsp3) is 0.667. The van der Waals surface area contributed by atoms with Crippen LogP contribution >= 0.6 is 7.60 Å². The van der Waals surface area contributed by atoms with Crippen molar-refractivity contribution in [2.45, 2.75) is 45.8 Å². The molecule has 0 aromatic carbocycles. The molecule has 0 spiro atoms. The molecule has 8 heteroatoms. The van der Waals surface area contributed by atoms with Crippen LogP contribution in [0, 0.1) is 0 Å². The standard InChI is InChI=1S/C12H21O7P/c1-4-5-6-7-11(19-12(14)9(2)3)18-10(13)8-20(15,16)17/h11H,2,4-8H2,1,3H3,(H2,15,16,17). The third-order valence-electron chi connectivity index (χ3n) is 2.23. The first-order valence-corrected chi connectivity index (χ1v) is 8.06. The molecule has 0 fully saturated rings. The summed E-state index contributed by atoms with van der Waals surface area (Å²) in [5.74, 6) is -1.81. The van der Waals surface area contributed by atoms with Gasteiger partial charge in [-0.15, -0.1) is 0 Å². The number of unbranched alkanes of at least 4 members (excludes halogenated alkanes) is 2. The first-order chi connectivity index (χ1) is 9.15. The minimum atomic E-state index is -4.50. The van der Waals surface area contributed by atoms with Gasteiger partial charge in [-0.2, -0.15) is 0 Å². The second kappa shape index (κ2) is 8.89. The Kier molecular flexibility index (Phi) is 8.37. The van der Waals surface area contributed by atoms with Crippen LogP contribution in [-0.2, 0) is 23.6 Å². The summed E-state index contributed by atoms with van der Waals surface area (Å²) in [5, 5.41) is 0. The molecule has 20 heavy (non-hydrogen) atoms. The third-order valence-corrected chi connectivity index (χ3v) is 2.90. The molecular formula is C12H21O7P. The highest BCUT2D eigenvalue weighted by Gasteiger charge is 2.25. The summed E-state index contributed by atoms with van der Waals surface area (Å²) in [6.45, 7) is 6.83. The Bertz CT molecular complexity index is 399. The maximum Gasteiger partial charge on any atom is 0.336 e. The van der Waals surface area contributed by atoms with Gasteiger partial charge in [0.1, 0.15) is 6.16 Å². The van der Waals surface area contributed by atoms with E-state index in [1.807, 2.05) is 6.92 Å². The van der Waals surface area contributed by atoms with Crippen LogP contribution in [0.3, 0.4) is 0 Å². The van der Waals surface area contributed by atoms with Crippen LogP contribution < -0.4 is 0 Å². The van der Waals surface area contributed by atoms with Crippen molar-refractivity contribution in [2.75, 3.05) is 6.16 Å². The van der Waals surface area contributed by atoms with Crippen LogP contribution in [0.4, 0.5) is 0 Å². The predicted molar refractivity (Wildman–Crippen MR) is 71.8 cm³/mol. The van der Waals surface area contributed by atoms with Gasteiger partial charge in [-0.05, 0) is 13.3 Å². The molecular weight excluding hydrogens is 287 g/mol. The quantitative estimate of drug-likeness (QED) is 0.219. The van der Waals surface area contributed by atoms with E-state index in [4.69, 9.17) is 19.3 Å². The van der Waals surface area contributed by atoms with Crippen molar-refractivity contribution in [1.82, 2.24) is 0 Å². The average Bonchev–Trinajstić information content (AvgIpc) is 2.26. The molecule has 0 radical (unpaired) electrons. The highest BCUT2D eigenvalue weighted by atomic mass is 31.2. The minimum absolute atomic E-state index is 0.150. The zero-order valence-corrected chi connectivity index (χ0v) is 12.6. The smallest absolute Gasteiger partial charge is 0.336 e. The Morgan fingerprint density at radius 1 is 1.25 bits per heavy atom. The Hall–Kier alpha value is -1.17. The maximum absolute atomic E-state index is 11.4. The van der Waals surface area contributed by atoms with Crippen molar-refractivity contribution in [1.29, 1.82) is 0 Å². The van der Waals surface area contributed by atoms with Gasteiger partial charge in [0.05, 0.1) is 0 Å². The Morgan fingerprint density at radius 2 is 1.85 bits per heavy atom. The van der Waals surface area contributed by atoms with Gasteiger partial charge in [0.15, 0.2) is 0 Å². The molecule has 0 saturated carbocycles. The molecule has 1 atom stereocenters. The summed E-state index contributed by atoms with van der Waals surface area (Å²) in [6, 6.07) is 0. The summed E-state index contributed by atoms with van der Waals surface area (Å²) in [4.78, 5) is 40.1. The monoisotopic (exact) mass is 308 g/mol. The number of ether oxygens (including phenoxy) is 2. The lowest BCUT2D eigenvalue weighted by Gasteiger charge is -2.18. The van der Waals surface area contributed by atoms with Crippen LogP contribution in [0.15, 0.2) is 12.2 Å². The molecule has 0 saturated heterocycles. The number of hydrogen-bond donors (Lipinski definition) is 2. The molecule has 0 bridgehead atoms. The van der Waals surface area contributed by atoms with Gasteiger partial charge < -0.3 is 19.3 Å². The molecule has 0 aromatic heterocycles. The molecule has 2 N–H and O–H groups in total. The fourth-order valence-corrected chi connectivity index (χ4v) is 1.69. The van der Waals surface area contributed by atoms with Crippen LogP contribution in [0.2, 0.25) is 0 Å². The van der Waals surface area contributed by atoms with Gasteiger partial charge in [-0.25, -0.2) is 4.79 Å². The van der Waals surface area contributed by atoms with Gasteiger partial charge in [0, 0.05) is 12.0 Å². The molecule has 0 heterocycles. The van der Waals surface area contributed by atoms with Crippen molar-refractivity contribution in [3.63, 3.8) is 0 Å². The average molecular weight is 308 g/mol. The lowest BCUT2D eigenvalue weighted by molar-refractivity contribution is -0.184. The lowest BCUT2D eigenvalue weighted by Crippen LogP contribution is -2.26. The number of rotatable bonds is 9. The van der Waals surface area contributed by atoms with E-state index in [1.165, 1.54) is 6.92 Å². The molecule has 7 nitrogen and oxygen atoms in total. The molecule has 0 amide bonds. The van der Waals surface area contributed by atoms with Crippen molar-refractivity contribution in [2.24, 2.45) is 0 Å². The van der Waals surface area contributed by atoms with Crippen LogP contribution in [0.1, 0.15) is 39.5 Å². The maximum atomic E-state index is 11.4. The zero-order chi connectivity index (χ0) is 15.8. The number of esters is 2. The van der Waals surface area contributed by atoms with Crippen LogP contribution in [-0.4, -0.2) is 34.2 Å². The van der Waals surface area contributed by atoms with Gasteiger partial charge in [0.2, 0.25) is 6.29 Å². The second-order valence-corrected chi connectivity index (χ2v) is 6.07.